The van der Waals surface area contributed by atoms with Crippen LogP contribution in [0.5, 0.6) is 0 Å². The summed E-state index contributed by atoms with van der Waals surface area (Å²) >= 11 is 0. The van der Waals surface area contributed by atoms with E-state index in [4.69, 9.17) is 0 Å². The number of carbonyl (C=O) groups excluding carboxylic acids is 1. The quantitative estimate of drug-likeness (QED) is 0.732. The highest BCUT2D eigenvalue weighted by Crippen LogP contribution is 2.17. The second kappa shape index (κ2) is 8.78. The molecule has 0 aliphatic carbocycles. The zero-order valence-corrected chi connectivity index (χ0v) is 14.4. The predicted octanol–water partition coefficient (Wildman–Crippen LogP) is 3.00. The molecular weight excluding hydrogens is 300 g/mol. The minimum absolute atomic E-state index is 0.248. The molecule has 0 saturated heterocycles. The van der Waals surface area contributed by atoms with Gasteiger partial charge in [0.05, 0.1) is 17.5 Å². The Morgan fingerprint density at radius 2 is 1.91 bits per heavy atom. The number of benzene rings is 1. The summed E-state index contributed by atoms with van der Waals surface area (Å²) in [5, 5.41) is 2.91. The van der Waals surface area contributed by atoms with E-state index < -0.39 is 10.0 Å². The van der Waals surface area contributed by atoms with E-state index in [-0.39, 0.29) is 5.91 Å². The summed E-state index contributed by atoms with van der Waals surface area (Å²) in [7, 11) is -3.41. The van der Waals surface area contributed by atoms with Crippen LogP contribution in [0.2, 0.25) is 0 Å². The highest BCUT2D eigenvalue weighted by Gasteiger charge is 2.15. The number of hydrogen-bond acceptors (Lipinski definition) is 3. The Morgan fingerprint density at radius 1 is 1.23 bits per heavy atom. The fraction of sp³-hybridized carbons (Fsp3) is 0.562. The summed E-state index contributed by atoms with van der Waals surface area (Å²) < 4.78 is 25.1. The zero-order valence-electron chi connectivity index (χ0n) is 13.6. The van der Waals surface area contributed by atoms with E-state index in [2.05, 4.69) is 23.9 Å². The smallest absolute Gasteiger partial charge is 0.253 e. The van der Waals surface area contributed by atoms with Crippen LogP contribution in [-0.2, 0) is 10.0 Å². The molecule has 0 bridgehead atoms. The summed E-state index contributed by atoms with van der Waals surface area (Å²) in [5.74, 6) is 0.209. The van der Waals surface area contributed by atoms with Crippen LogP contribution in [0.4, 0.5) is 5.69 Å². The van der Waals surface area contributed by atoms with Gasteiger partial charge in [0.15, 0.2) is 0 Å². The van der Waals surface area contributed by atoms with Gasteiger partial charge >= 0.3 is 0 Å². The van der Waals surface area contributed by atoms with Crippen molar-refractivity contribution in [3.63, 3.8) is 0 Å². The van der Waals surface area contributed by atoms with Gasteiger partial charge in [0.2, 0.25) is 10.0 Å². The van der Waals surface area contributed by atoms with Gasteiger partial charge in [-0.15, -0.1) is 0 Å². The van der Waals surface area contributed by atoms with Gasteiger partial charge in [-0.1, -0.05) is 45.2 Å². The molecule has 6 heteroatoms. The maximum Gasteiger partial charge on any atom is 0.253 e. The molecule has 0 radical (unpaired) electrons. The van der Waals surface area contributed by atoms with Gasteiger partial charge in [-0.25, -0.2) is 8.42 Å². The van der Waals surface area contributed by atoms with E-state index >= 15 is 0 Å². The van der Waals surface area contributed by atoms with Crippen LogP contribution in [0.3, 0.4) is 0 Å². The van der Waals surface area contributed by atoms with Crippen molar-refractivity contribution in [1.29, 1.82) is 0 Å². The molecule has 0 saturated carbocycles. The highest BCUT2D eigenvalue weighted by molar-refractivity contribution is 7.92. The minimum Gasteiger partial charge on any atom is -0.352 e. The lowest BCUT2D eigenvalue weighted by Crippen LogP contribution is -2.30. The molecule has 2 N–H and O–H groups in total. The molecule has 124 valence electrons. The monoisotopic (exact) mass is 326 g/mol. The zero-order chi connectivity index (χ0) is 16.6. The van der Waals surface area contributed by atoms with Crippen LogP contribution in [0.1, 0.15) is 49.9 Å². The van der Waals surface area contributed by atoms with E-state index in [0.29, 0.717) is 23.7 Å². The third-order valence-corrected chi connectivity index (χ3v) is 4.15. The van der Waals surface area contributed by atoms with Gasteiger partial charge in [-0.3, -0.25) is 9.52 Å². The summed E-state index contributed by atoms with van der Waals surface area (Å²) in [4.78, 5) is 12.3. The molecule has 0 heterocycles. The number of hydrogen-bond donors (Lipinski definition) is 2. The van der Waals surface area contributed by atoms with E-state index in [9.17, 15) is 13.2 Å². The van der Waals surface area contributed by atoms with Crippen molar-refractivity contribution in [2.75, 3.05) is 17.5 Å². The minimum atomic E-state index is -3.41. The Morgan fingerprint density at radius 3 is 2.50 bits per heavy atom. The third kappa shape index (κ3) is 6.47. The van der Waals surface area contributed by atoms with Crippen LogP contribution >= 0.6 is 0 Å². The van der Waals surface area contributed by atoms with Crippen molar-refractivity contribution in [2.24, 2.45) is 5.92 Å². The second-order valence-electron chi connectivity index (χ2n) is 5.55. The number of rotatable bonds is 9. The summed E-state index contributed by atoms with van der Waals surface area (Å²) in [6, 6.07) is 6.62. The molecule has 0 aliphatic heterocycles. The molecule has 1 aromatic rings. The Balaban J connectivity index is 2.73. The predicted molar refractivity (Wildman–Crippen MR) is 90.5 cm³/mol. The van der Waals surface area contributed by atoms with E-state index in [1.807, 2.05) is 0 Å². The van der Waals surface area contributed by atoms with E-state index in [0.717, 1.165) is 31.9 Å². The molecule has 1 aromatic carbocycles. The van der Waals surface area contributed by atoms with Crippen molar-refractivity contribution in [2.45, 2.75) is 39.5 Å². The maximum absolute atomic E-state index is 12.3. The van der Waals surface area contributed by atoms with Gasteiger partial charge in [0, 0.05) is 6.54 Å². The number of para-hydroxylation sites is 1. The van der Waals surface area contributed by atoms with Crippen LogP contribution < -0.4 is 10.0 Å². The van der Waals surface area contributed by atoms with E-state index in [1.165, 1.54) is 0 Å². The maximum atomic E-state index is 12.3. The van der Waals surface area contributed by atoms with Crippen molar-refractivity contribution in [1.82, 2.24) is 5.32 Å². The summed E-state index contributed by atoms with van der Waals surface area (Å²) in [6.45, 7) is 4.88. The SMILES string of the molecule is CCCC[C@H](CC)CNC(=O)c1ccccc1NS(C)(=O)=O. The Labute approximate surface area is 133 Å². The molecule has 1 atom stereocenters. The summed E-state index contributed by atoms with van der Waals surface area (Å²) in [6.07, 6.45) is 5.48. The van der Waals surface area contributed by atoms with Crippen molar-refractivity contribution in [3.8, 4) is 0 Å². The molecule has 0 spiro atoms. The first kappa shape index (κ1) is 18.5. The number of anilines is 1. The topological polar surface area (TPSA) is 75.3 Å². The standard InChI is InChI=1S/C16H26N2O3S/c1-4-6-9-13(5-2)12-17-16(19)14-10-7-8-11-15(14)18-22(3,20)21/h7-8,10-11,13,18H,4-6,9,12H2,1-3H3,(H,17,19)/t13-/m0/s1. The fourth-order valence-corrected chi connectivity index (χ4v) is 2.82. The van der Waals surface area contributed by atoms with Gasteiger partial charge in [0.25, 0.3) is 5.91 Å². The van der Waals surface area contributed by atoms with E-state index in [1.54, 1.807) is 24.3 Å². The highest BCUT2D eigenvalue weighted by atomic mass is 32.2. The van der Waals surface area contributed by atoms with Crippen LogP contribution in [0, 0.1) is 5.92 Å². The lowest BCUT2D eigenvalue weighted by atomic mass is 9.99. The first-order chi connectivity index (χ1) is 10.4. The fourth-order valence-electron chi connectivity index (χ4n) is 2.25. The first-order valence-corrected chi connectivity index (χ1v) is 9.61. The largest absolute Gasteiger partial charge is 0.352 e. The second-order valence-corrected chi connectivity index (χ2v) is 7.29. The van der Waals surface area contributed by atoms with Crippen LogP contribution in [0.15, 0.2) is 24.3 Å². The number of unbranched alkanes of at least 4 members (excludes halogenated alkanes) is 1. The third-order valence-electron chi connectivity index (χ3n) is 3.56. The molecule has 0 fully saturated rings. The molecule has 0 aliphatic rings. The molecule has 22 heavy (non-hydrogen) atoms. The van der Waals surface area contributed by atoms with Crippen molar-refractivity contribution in [3.05, 3.63) is 29.8 Å². The summed E-state index contributed by atoms with van der Waals surface area (Å²) in [5.41, 5.74) is 0.655. The van der Waals surface area contributed by atoms with Crippen LogP contribution in [0.25, 0.3) is 0 Å². The number of amides is 1. The first-order valence-electron chi connectivity index (χ1n) is 7.72. The lowest BCUT2D eigenvalue weighted by Gasteiger charge is -2.16. The van der Waals surface area contributed by atoms with Gasteiger partial charge in [-0.2, -0.15) is 0 Å². The molecule has 1 rings (SSSR count). The molecule has 5 nitrogen and oxygen atoms in total. The van der Waals surface area contributed by atoms with Gasteiger partial charge in [0.1, 0.15) is 0 Å². The number of carbonyl (C=O) groups is 1. The molecule has 1 amide bonds. The van der Waals surface area contributed by atoms with Crippen LogP contribution in [-0.4, -0.2) is 27.1 Å². The molecule has 0 unspecified atom stereocenters. The lowest BCUT2D eigenvalue weighted by molar-refractivity contribution is 0.0946. The van der Waals surface area contributed by atoms with Crippen molar-refractivity contribution < 1.29 is 13.2 Å². The normalized spacial score (nSPS) is 12.7. The average molecular weight is 326 g/mol. The molecule has 0 aromatic heterocycles. The van der Waals surface area contributed by atoms with Crippen molar-refractivity contribution >= 4 is 21.6 Å². The number of nitrogens with one attached hydrogen (secondary N) is 2. The van der Waals surface area contributed by atoms with Gasteiger partial charge < -0.3 is 5.32 Å². The Bertz CT molecular complexity index is 585. The number of sulfonamides is 1. The van der Waals surface area contributed by atoms with Gasteiger partial charge in [-0.05, 0) is 24.5 Å². The Hall–Kier alpha value is -1.56. The molecular formula is C16H26N2O3S. The average Bonchev–Trinajstić information content (AvgIpc) is 2.46. The Kier molecular flexibility index (Phi) is 7.38.